The van der Waals surface area contributed by atoms with Crippen molar-refractivity contribution < 1.29 is 14.4 Å². The molecule has 0 atom stereocenters. The molecule has 2 aliphatic heterocycles. The van der Waals surface area contributed by atoms with E-state index in [0.717, 1.165) is 11.4 Å². The molecule has 0 unspecified atom stereocenters. The summed E-state index contributed by atoms with van der Waals surface area (Å²) in [6.07, 6.45) is 1.38. The number of aromatic nitrogens is 2. The third-order valence-electron chi connectivity index (χ3n) is 7.62. The lowest BCUT2D eigenvalue weighted by Gasteiger charge is -2.39. The van der Waals surface area contributed by atoms with E-state index in [1.54, 1.807) is 0 Å². The van der Waals surface area contributed by atoms with Gasteiger partial charge in [0.05, 0.1) is 0 Å². The first-order valence-electron chi connectivity index (χ1n) is 14.3. The van der Waals surface area contributed by atoms with Crippen molar-refractivity contribution in [2.24, 2.45) is 5.92 Å². The molecule has 41 heavy (non-hydrogen) atoms. The van der Waals surface area contributed by atoms with Crippen molar-refractivity contribution in [3.8, 4) is 11.4 Å². The highest BCUT2D eigenvalue weighted by molar-refractivity contribution is 5.94. The molecule has 5 rings (SSSR count). The lowest BCUT2D eigenvalue weighted by Crippen LogP contribution is -2.52. The molecule has 0 aliphatic carbocycles. The first-order valence-corrected chi connectivity index (χ1v) is 14.3. The number of amides is 3. The molecular formula is C31H37N7O3. The summed E-state index contributed by atoms with van der Waals surface area (Å²) >= 11 is 0. The van der Waals surface area contributed by atoms with Gasteiger partial charge in [0.1, 0.15) is 11.6 Å². The lowest BCUT2D eigenvalue weighted by atomic mass is 9.94. The summed E-state index contributed by atoms with van der Waals surface area (Å²) in [6.45, 7) is 6.33. The van der Waals surface area contributed by atoms with Gasteiger partial charge < -0.3 is 25.3 Å². The first-order chi connectivity index (χ1) is 20.0. The van der Waals surface area contributed by atoms with Gasteiger partial charge in [-0.05, 0) is 25.0 Å². The molecule has 0 saturated carbocycles. The SMILES string of the molecule is CC(=O)NCCNc1cc(N2CCN(C(=O)C3CCN(C(=O)c4ccccc4)CC3)CC2)nc(-c2ccccc2)n1. The van der Waals surface area contributed by atoms with E-state index in [4.69, 9.17) is 9.97 Å². The molecule has 2 saturated heterocycles. The summed E-state index contributed by atoms with van der Waals surface area (Å²) < 4.78 is 0. The van der Waals surface area contributed by atoms with E-state index in [1.807, 2.05) is 76.5 Å². The number of hydrogen-bond donors (Lipinski definition) is 2. The maximum atomic E-state index is 13.4. The Bertz CT molecular complexity index is 1340. The number of benzene rings is 2. The Balaban J connectivity index is 1.18. The minimum atomic E-state index is -0.0706. The van der Waals surface area contributed by atoms with E-state index in [0.29, 0.717) is 82.4 Å². The number of piperidine rings is 1. The van der Waals surface area contributed by atoms with Crippen LogP contribution in [0.5, 0.6) is 0 Å². The number of nitrogens with zero attached hydrogens (tertiary/aromatic N) is 5. The number of hydrogen-bond acceptors (Lipinski definition) is 7. The van der Waals surface area contributed by atoms with Gasteiger partial charge in [-0.2, -0.15) is 0 Å². The average Bonchev–Trinajstić information content (AvgIpc) is 3.03. The van der Waals surface area contributed by atoms with E-state index in [-0.39, 0.29) is 23.6 Å². The van der Waals surface area contributed by atoms with Crippen molar-refractivity contribution in [3.63, 3.8) is 0 Å². The van der Waals surface area contributed by atoms with E-state index in [2.05, 4.69) is 15.5 Å². The Morgan fingerprint density at radius 1 is 0.805 bits per heavy atom. The van der Waals surface area contributed by atoms with Gasteiger partial charge in [-0.1, -0.05) is 48.5 Å². The van der Waals surface area contributed by atoms with Crippen molar-refractivity contribution >= 4 is 29.4 Å². The molecule has 0 spiro atoms. The van der Waals surface area contributed by atoms with Crippen LogP contribution < -0.4 is 15.5 Å². The van der Waals surface area contributed by atoms with Crippen LogP contribution in [0.3, 0.4) is 0 Å². The number of nitrogens with one attached hydrogen (secondary N) is 2. The van der Waals surface area contributed by atoms with Crippen molar-refractivity contribution in [2.75, 3.05) is 62.6 Å². The first kappa shape index (κ1) is 28.1. The summed E-state index contributed by atoms with van der Waals surface area (Å²) in [5.41, 5.74) is 1.62. The second-order valence-corrected chi connectivity index (χ2v) is 10.5. The Morgan fingerprint density at radius 3 is 2.12 bits per heavy atom. The number of piperazine rings is 1. The average molecular weight is 556 g/mol. The van der Waals surface area contributed by atoms with Crippen LogP contribution in [0.1, 0.15) is 30.1 Å². The fraction of sp³-hybridized carbons (Fsp3) is 0.387. The van der Waals surface area contributed by atoms with Crippen molar-refractivity contribution in [2.45, 2.75) is 19.8 Å². The molecule has 214 valence electrons. The predicted octanol–water partition coefficient (Wildman–Crippen LogP) is 2.89. The van der Waals surface area contributed by atoms with Crippen molar-refractivity contribution in [3.05, 3.63) is 72.3 Å². The summed E-state index contributed by atoms with van der Waals surface area (Å²) in [5, 5.41) is 6.08. The standard InChI is InChI=1S/C31H37N7O3/c1-23(39)32-14-15-33-27-22-28(35-29(34-27)24-8-4-2-5-9-24)36-18-20-38(21-19-36)31(41)26-12-16-37(17-13-26)30(40)25-10-6-3-7-11-25/h2-11,22,26H,12-21H2,1H3,(H,32,39)(H,33,34,35). The minimum Gasteiger partial charge on any atom is -0.368 e. The number of rotatable bonds is 8. The third kappa shape index (κ3) is 7.19. The van der Waals surface area contributed by atoms with Gasteiger partial charge in [-0.3, -0.25) is 14.4 Å². The summed E-state index contributed by atoms with van der Waals surface area (Å²) in [5.74, 6) is 2.22. The van der Waals surface area contributed by atoms with E-state index >= 15 is 0 Å². The van der Waals surface area contributed by atoms with Gasteiger partial charge in [0, 0.05) is 82.4 Å². The molecule has 10 heteroatoms. The van der Waals surface area contributed by atoms with Crippen LogP contribution >= 0.6 is 0 Å². The van der Waals surface area contributed by atoms with Crippen LogP contribution in [0.25, 0.3) is 11.4 Å². The normalized spacial score (nSPS) is 15.9. The van der Waals surface area contributed by atoms with E-state index < -0.39 is 0 Å². The molecule has 2 aliphatic rings. The zero-order valence-corrected chi connectivity index (χ0v) is 23.5. The Hall–Kier alpha value is -4.47. The fourth-order valence-electron chi connectivity index (χ4n) is 5.34. The second-order valence-electron chi connectivity index (χ2n) is 10.5. The fourth-order valence-corrected chi connectivity index (χ4v) is 5.34. The number of carbonyl (C=O) groups excluding carboxylic acids is 3. The van der Waals surface area contributed by atoms with Gasteiger partial charge in [0.15, 0.2) is 5.82 Å². The zero-order valence-electron chi connectivity index (χ0n) is 23.5. The van der Waals surface area contributed by atoms with Crippen molar-refractivity contribution in [1.29, 1.82) is 0 Å². The van der Waals surface area contributed by atoms with Crippen LogP contribution in [0.4, 0.5) is 11.6 Å². The quantitative estimate of drug-likeness (QED) is 0.411. The van der Waals surface area contributed by atoms with E-state index in [9.17, 15) is 14.4 Å². The summed E-state index contributed by atoms with van der Waals surface area (Å²) in [7, 11) is 0. The van der Waals surface area contributed by atoms with Gasteiger partial charge in [-0.25, -0.2) is 9.97 Å². The number of carbonyl (C=O) groups is 3. The molecule has 3 amide bonds. The molecule has 3 aromatic rings. The lowest BCUT2D eigenvalue weighted by molar-refractivity contribution is -0.137. The summed E-state index contributed by atoms with van der Waals surface area (Å²) in [4.78, 5) is 52.9. The highest BCUT2D eigenvalue weighted by atomic mass is 16.2. The van der Waals surface area contributed by atoms with Gasteiger partial charge in [-0.15, -0.1) is 0 Å². The highest BCUT2D eigenvalue weighted by Crippen LogP contribution is 2.25. The van der Waals surface area contributed by atoms with Crippen LogP contribution in [0.15, 0.2) is 66.7 Å². The van der Waals surface area contributed by atoms with Crippen LogP contribution in [0, 0.1) is 5.92 Å². The predicted molar refractivity (Wildman–Crippen MR) is 159 cm³/mol. The van der Waals surface area contributed by atoms with Crippen LogP contribution in [-0.4, -0.2) is 89.8 Å². The molecular weight excluding hydrogens is 518 g/mol. The Morgan fingerprint density at radius 2 is 1.46 bits per heavy atom. The largest absolute Gasteiger partial charge is 0.368 e. The molecule has 2 N–H and O–H groups in total. The van der Waals surface area contributed by atoms with E-state index in [1.165, 1.54) is 6.92 Å². The van der Waals surface area contributed by atoms with Crippen LogP contribution in [-0.2, 0) is 9.59 Å². The number of likely N-dealkylation sites (tertiary alicyclic amines) is 1. The second kappa shape index (κ2) is 13.3. The highest BCUT2D eigenvalue weighted by Gasteiger charge is 2.32. The van der Waals surface area contributed by atoms with Gasteiger partial charge in [0.2, 0.25) is 11.8 Å². The molecule has 2 fully saturated rings. The third-order valence-corrected chi connectivity index (χ3v) is 7.62. The number of anilines is 2. The molecule has 0 bridgehead atoms. The van der Waals surface area contributed by atoms with Crippen molar-refractivity contribution in [1.82, 2.24) is 25.1 Å². The Kier molecular flexibility index (Phi) is 9.08. The van der Waals surface area contributed by atoms with Gasteiger partial charge >= 0.3 is 0 Å². The maximum absolute atomic E-state index is 13.4. The molecule has 2 aromatic carbocycles. The Labute approximate surface area is 240 Å². The van der Waals surface area contributed by atoms with Crippen LogP contribution in [0.2, 0.25) is 0 Å². The topological polar surface area (TPSA) is 111 Å². The molecule has 1 aromatic heterocycles. The maximum Gasteiger partial charge on any atom is 0.253 e. The smallest absolute Gasteiger partial charge is 0.253 e. The molecule has 10 nitrogen and oxygen atoms in total. The zero-order chi connectivity index (χ0) is 28.6. The molecule has 3 heterocycles. The summed E-state index contributed by atoms with van der Waals surface area (Å²) in [6, 6.07) is 21.1. The molecule has 0 radical (unpaired) electrons. The minimum absolute atomic E-state index is 0.0359. The van der Waals surface area contributed by atoms with Gasteiger partial charge in [0.25, 0.3) is 5.91 Å². The monoisotopic (exact) mass is 555 g/mol.